The molecule has 1 aromatic rings. The van der Waals surface area contributed by atoms with E-state index in [1.165, 1.54) is 0 Å². The van der Waals surface area contributed by atoms with Crippen LogP contribution in [0.5, 0.6) is 0 Å². The van der Waals surface area contributed by atoms with Crippen LogP contribution < -0.4 is 10.6 Å². The molecule has 2 fully saturated rings. The lowest BCUT2D eigenvalue weighted by Crippen LogP contribution is -2.59. The Labute approximate surface area is 171 Å². The molecular formula is C20H23F4N3O3. The van der Waals surface area contributed by atoms with Crippen LogP contribution in [0, 0.1) is 17.7 Å². The normalized spacial score (nSPS) is 26.8. The SMILES string of the molecule is CC1CCCC(C)C12NC(=O)N(CC(=O)NCc1ccc(F)cc1C(F)(F)F)C2=O. The van der Waals surface area contributed by atoms with Crippen molar-refractivity contribution >= 4 is 17.8 Å². The van der Waals surface area contributed by atoms with Gasteiger partial charge in [-0.3, -0.25) is 14.5 Å². The lowest BCUT2D eigenvalue weighted by atomic mass is 9.67. The number of nitrogens with one attached hydrogen (secondary N) is 2. The Hall–Kier alpha value is -2.65. The van der Waals surface area contributed by atoms with E-state index in [0.717, 1.165) is 36.3 Å². The maximum absolute atomic E-state index is 13.2. The number of carbonyl (C=O) groups is 3. The number of halogens is 4. The van der Waals surface area contributed by atoms with Crippen LogP contribution in [0.1, 0.15) is 44.2 Å². The highest BCUT2D eigenvalue weighted by molar-refractivity contribution is 6.09. The smallest absolute Gasteiger partial charge is 0.350 e. The van der Waals surface area contributed by atoms with Crippen LogP contribution in [0.25, 0.3) is 0 Å². The molecule has 6 nitrogen and oxygen atoms in total. The number of carbonyl (C=O) groups excluding carboxylic acids is 3. The van der Waals surface area contributed by atoms with E-state index >= 15 is 0 Å². The molecule has 1 heterocycles. The number of nitrogens with zero attached hydrogens (tertiary/aromatic N) is 1. The summed E-state index contributed by atoms with van der Waals surface area (Å²) in [5.74, 6) is -2.51. The Kier molecular flexibility index (Phi) is 5.79. The minimum absolute atomic E-state index is 0.0979. The zero-order chi connectivity index (χ0) is 22.3. The zero-order valence-corrected chi connectivity index (χ0v) is 16.6. The van der Waals surface area contributed by atoms with Gasteiger partial charge in [-0.2, -0.15) is 13.2 Å². The first-order valence-electron chi connectivity index (χ1n) is 9.73. The summed E-state index contributed by atoms with van der Waals surface area (Å²) in [6.45, 7) is 2.64. The molecule has 30 heavy (non-hydrogen) atoms. The summed E-state index contributed by atoms with van der Waals surface area (Å²) in [5.41, 5.74) is -2.57. The first-order valence-corrected chi connectivity index (χ1v) is 9.73. The Morgan fingerprint density at radius 2 is 1.87 bits per heavy atom. The van der Waals surface area contributed by atoms with Gasteiger partial charge in [-0.05, 0) is 42.4 Å². The molecule has 1 aromatic carbocycles. The predicted octanol–water partition coefficient (Wildman–Crippen LogP) is 3.21. The van der Waals surface area contributed by atoms with Crippen molar-refractivity contribution in [2.24, 2.45) is 11.8 Å². The summed E-state index contributed by atoms with van der Waals surface area (Å²) in [5, 5.41) is 5.03. The van der Waals surface area contributed by atoms with E-state index in [-0.39, 0.29) is 17.4 Å². The van der Waals surface area contributed by atoms with Gasteiger partial charge >= 0.3 is 12.2 Å². The van der Waals surface area contributed by atoms with Gasteiger partial charge in [0.15, 0.2) is 0 Å². The lowest BCUT2D eigenvalue weighted by Gasteiger charge is -2.42. The third-order valence-electron chi connectivity index (χ3n) is 6.14. The van der Waals surface area contributed by atoms with Crippen molar-refractivity contribution in [1.82, 2.24) is 15.5 Å². The van der Waals surface area contributed by atoms with Crippen molar-refractivity contribution in [3.8, 4) is 0 Å². The fraction of sp³-hybridized carbons (Fsp3) is 0.550. The van der Waals surface area contributed by atoms with E-state index in [1.807, 2.05) is 13.8 Å². The second kappa shape index (κ2) is 7.88. The predicted molar refractivity (Wildman–Crippen MR) is 98.4 cm³/mol. The maximum atomic E-state index is 13.2. The molecule has 3 rings (SSSR count). The highest BCUT2D eigenvalue weighted by atomic mass is 19.4. The Morgan fingerprint density at radius 3 is 2.47 bits per heavy atom. The number of benzene rings is 1. The highest BCUT2D eigenvalue weighted by Crippen LogP contribution is 2.42. The fourth-order valence-corrected chi connectivity index (χ4v) is 4.46. The number of imide groups is 1. The largest absolute Gasteiger partial charge is 0.416 e. The summed E-state index contributed by atoms with van der Waals surface area (Å²) < 4.78 is 52.4. The Morgan fingerprint density at radius 1 is 1.23 bits per heavy atom. The topological polar surface area (TPSA) is 78.5 Å². The standard InChI is InChI=1S/C20H23F4N3O3/c1-11-4-3-5-12(2)19(11)17(29)27(18(30)26-19)10-16(28)25-9-13-6-7-14(21)8-15(13)20(22,23)24/h6-8,11-12H,3-5,9-10H2,1-2H3,(H,25,28)(H,26,30). The molecule has 2 atom stereocenters. The van der Waals surface area contributed by atoms with Crippen LogP contribution in [0.3, 0.4) is 0 Å². The minimum Gasteiger partial charge on any atom is -0.350 e. The molecule has 1 saturated carbocycles. The molecular weight excluding hydrogens is 406 g/mol. The van der Waals surface area contributed by atoms with E-state index in [1.54, 1.807) is 0 Å². The van der Waals surface area contributed by atoms with Crippen LogP contribution in [0.15, 0.2) is 18.2 Å². The van der Waals surface area contributed by atoms with Crippen LogP contribution in [0.4, 0.5) is 22.4 Å². The van der Waals surface area contributed by atoms with Crippen LogP contribution >= 0.6 is 0 Å². The molecule has 1 saturated heterocycles. The number of urea groups is 1. The third kappa shape index (κ3) is 3.87. The summed E-state index contributed by atoms with van der Waals surface area (Å²) in [6, 6.07) is 1.47. The molecule has 0 bridgehead atoms. The molecule has 4 amide bonds. The van der Waals surface area contributed by atoms with Gasteiger partial charge in [-0.1, -0.05) is 26.3 Å². The first-order chi connectivity index (χ1) is 14.0. The van der Waals surface area contributed by atoms with E-state index < -0.39 is 54.0 Å². The van der Waals surface area contributed by atoms with E-state index in [9.17, 15) is 31.9 Å². The van der Waals surface area contributed by atoms with Gasteiger partial charge in [0, 0.05) is 6.54 Å². The van der Waals surface area contributed by atoms with Crippen LogP contribution in [-0.4, -0.2) is 34.8 Å². The molecule has 164 valence electrons. The Balaban J connectivity index is 1.69. The third-order valence-corrected chi connectivity index (χ3v) is 6.14. The van der Waals surface area contributed by atoms with Crippen molar-refractivity contribution < 1.29 is 31.9 Å². The lowest BCUT2D eigenvalue weighted by molar-refractivity contribution is -0.139. The van der Waals surface area contributed by atoms with Gasteiger partial charge in [0.1, 0.15) is 17.9 Å². The number of hydrogen-bond donors (Lipinski definition) is 2. The van der Waals surface area contributed by atoms with Crippen molar-refractivity contribution in [2.75, 3.05) is 6.54 Å². The number of hydrogen-bond acceptors (Lipinski definition) is 3. The number of alkyl halides is 3. The molecule has 10 heteroatoms. The second-order valence-corrected chi connectivity index (χ2v) is 8.00. The summed E-state index contributed by atoms with van der Waals surface area (Å²) >= 11 is 0. The number of rotatable bonds is 4. The van der Waals surface area contributed by atoms with Crippen LogP contribution in [-0.2, 0) is 22.3 Å². The molecule has 1 aliphatic carbocycles. The van der Waals surface area contributed by atoms with Gasteiger partial charge in [0.2, 0.25) is 5.91 Å². The Bertz CT molecular complexity index is 861. The van der Waals surface area contributed by atoms with Crippen molar-refractivity contribution in [3.05, 3.63) is 35.1 Å². The van der Waals surface area contributed by atoms with Crippen molar-refractivity contribution in [2.45, 2.75) is 51.4 Å². The highest BCUT2D eigenvalue weighted by Gasteiger charge is 2.58. The van der Waals surface area contributed by atoms with E-state index in [2.05, 4.69) is 10.6 Å². The van der Waals surface area contributed by atoms with Crippen molar-refractivity contribution in [3.63, 3.8) is 0 Å². The zero-order valence-electron chi connectivity index (χ0n) is 16.6. The minimum atomic E-state index is -4.79. The molecule has 0 radical (unpaired) electrons. The van der Waals surface area contributed by atoms with Crippen molar-refractivity contribution in [1.29, 1.82) is 0 Å². The van der Waals surface area contributed by atoms with E-state index in [4.69, 9.17) is 0 Å². The quantitative estimate of drug-likeness (QED) is 0.570. The molecule has 2 unspecified atom stereocenters. The fourth-order valence-electron chi connectivity index (χ4n) is 4.46. The molecule has 0 aromatic heterocycles. The van der Waals surface area contributed by atoms with Gasteiger partial charge in [-0.15, -0.1) is 0 Å². The average Bonchev–Trinajstić information content (AvgIpc) is 2.90. The van der Waals surface area contributed by atoms with E-state index in [0.29, 0.717) is 6.07 Å². The van der Waals surface area contributed by atoms with Gasteiger partial charge in [0.25, 0.3) is 5.91 Å². The van der Waals surface area contributed by atoms with Gasteiger partial charge in [-0.25, -0.2) is 9.18 Å². The molecule has 1 spiro atoms. The number of amides is 4. The van der Waals surface area contributed by atoms with Crippen LogP contribution in [0.2, 0.25) is 0 Å². The van der Waals surface area contributed by atoms with Gasteiger partial charge < -0.3 is 10.6 Å². The molecule has 2 aliphatic rings. The first kappa shape index (κ1) is 22.0. The summed E-state index contributed by atoms with van der Waals surface area (Å²) in [7, 11) is 0. The molecule has 1 aliphatic heterocycles. The van der Waals surface area contributed by atoms with Gasteiger partial charge in [0.05, 0.1) is 5.56 Å². The summed E-state index contributed by atoms with van der Waals surface area (Å²) in [6.07, 6.45) is -2.32. The maximum Gasteiger partial charge on any atom is 0.416 e. The summed E-state index contributed by atoms with van der Waals surface area (Å²) in [4.78, 5) is 38.5. The average molecular weight is 429 g/mol. The molecule has 2 N–H and O–H groups in total. The monoisotopic (exact) mass is 429 g/mol. The second-order valence-electron chi connectivity index (χ2n) is 8.00.